The Morgan fingerprint density at radius 1 is 1.32 bits per heavy atom. The van der Waals surface area contributed by atoms with Gasteiger partial charge in [0, 0.05) is 32.7 Å². The number of hydrogen-bond acceptors (Lipinski definition) is 4. The molecule has 0 aromatic heterocycles. The Bertz CT molecular complexity index is 607. The highest BCUT2D eigenvalue weighted by molar-refractivity contribution is 5.95. The van der Waals surface area contributed by atoms with Gasteiger partial charge in [-0.1, -0.05) is 0 Å². The van der Waals surface area contributed by atoms with E-state index in [0.29, 0.717) is 5.69 Å². The number of rotatable bonds is 5. The van der Waals surface area contributed by atoms with Crippen LogP contribution < -0.4 is 10.2 Å². The SMILES string of the molecule is CN(C)c1ccc(F)c(C(=O)NCCC2(C(F)(F)F)N=N2)c1. The van der Waals surface area contributed by atoms with Crippen molar-refractivity contribution in [2.24, 2.45) is 10.2 Å². The van der Waals surface area contributed by atoms with E-state index in [9.17, 15) is 22.4 Å². The van der Waals surface area contributed by atoms with E-state index >= 15 is 0 Å². The highest BCUT2D eigenvalue weighted by Gasteiger charge is 2.63. The van der Waals surface area contributed by atoms with Gasteiger partial charge in [0.25, 0.3) is 11.6 Å². The zero-order chi connectivity index (χ0) is 16.5. The number of carbonyl (C=O) groups is 1. The zero-order valence-corrected chi connectivity index (χ0v) is 11.9. The molecule has 22 heavy (non-hydrogen) atoms. The molecule has 0 radical (unpaired) electrons. The smallest absolute Gasteiger partial charge is 0.378 e. The van der Waals surface area contributed by atoms with E-state index in [1.807, 2.05) is 0 Å². The molecule has 1 aliphatic rings. The van der Waals surface area contributed by atoms with E-state index in [1.54, 1.807) is 19.0 Å². The number of halogens is 4. The lowest BCUT2D eigenvalue weighted by Gasteiger charge is -2.16. The minimum Gasteiger partial charge on any atom is -0.378 e. The number of nitrogens with one attached hydrogen (secondary N) is 1. The molecule has 0 aliphatic carbocycles. The third-order valence-electron chi connectivity index (χ3n) is 3.27. The maximum Gasteiger partial charge on any atom is 0.437 e. The quantitative estimate of drug-likeness (QED) is 0.849. The Kier molecular flexibility index (Phi) is 4.08. The second kappa shape index (κ2) is 5.54. The van der Waals surface area contributed by atoms with Gasteiger partial charge in [0.1, 0.15) is 5.82 Å². The molecule has 120 valence electrons. The van der Waals surface area contributed by atoms with Gasteiger partial charge in [-0.25, -0.2) is 4.39 Å². The molecule has 0 bridgehead atoms. The van der Waals surface area contributed by atoms with Crippen molar-refractivity contribution in [1.29, 1.82) is 0 Å². The van der Waals surface area contributed by atoms with Gasteiger partial charge in [-0.15, -0.1) is 10.2 Å². The number of hydrogen-bond donors (Lipinski definition) is 1. The number of anilines is 1. The maximum absolute atomic E-state index is 13.6. The van der Waals surface area contributed by atoms with Crippen LogP contribution in [0.1, 0.15) is 16.8 Å². The average molecular weight is 318 g/mol. The van der Waals surface area contributed by atoms with Crippen molar-refractivity contribution in [2.75, 3.05) is 25.5 Å². The normalized spacial score (nSPS) is 15.5. The van der Waals surface area contributed by atoms with Crippen LogP contribution in [0.4, 0.5) is 23.2 Å². The molecule has 1 heterocycles. The molecular formula is C13H14F4N4O. The van der Waals surface area contributed by atoms with Gasteiger partial charge in [-0.3, -0.25) is 4.79 Å². The summed E-state index contributed by atoms with van der Waals surface area (Å²) in [6, 6.07) is 3.95. The Hall–Kier alpha value is -2.19. The van der Waals surface area contributed by atoms with Crippen molar-refractivity contribution in [3.63, 3.8) is 0 Å². The highest BCUT2D eigenvalue weighted by Crippen LogP contribution is 2.46. The van der Waals surface area contributed by atoms with Crippen LogP contribution in [0.25, 0.3) is 0 Å². The predicted octanol–water partition coefficient (Wildman–Crippen LogP) is 2.74. The first-order chi connectivity index (χ1) is 10.2. The van der Waals surface area contributed by atoms with Crippen LogP contribution in [0.2, 0.25) is 0 Å². The van der Waals surface area contributed by atoms with Crippen molar-refractivity contribution in [3.05, 3.63) is 29.6 Å². The van der Waals surface area contributed by atoms with Crippen molar-refractivity contribution in [3.8, 4) is 0 Å². The summed E-state index contributed by atoms with van der Waals surface area (Å²) in [5, 5.41) is 8.25. The maximum atomic E-state index is 13.6. The fraction of sp³-hybridized carbons (Fsp3) is 0.462. The molecule has 1 N–H and O–H groups in total. The van der Waals surface area contributed by atoms with E-state index < -0.39 is 30.0 Å². The molecule has 1 amide bonds. The molecule has 0 saturated heterocycles. The third-order valence-corrected chi connectivity index (χ3v) is 3.27. The van der Waals surface area contributed by atoms with Gasteiger partial charge < -0.3 is 10.2 Å². The number of alkyl halides is 3. The topological polar surface area (TPSA) is 57.1 Å². The van der Waals surface area contributed by atoms with Crippen LogP contribution >= 0.6 is 0 Å². The molecular weight excluding hydrogens is 304 g/mol. The lowest BCUT2D eigenvalue weighted by Crippen LogP contribution is -2.37. The average Bonchev–Trinajstić information content (AvgIpc) is 3.19. The largest absolute Gasteiger partial charge is 0.437 e. The summed E-state index contributed by atoms with van der Waals surface area (Å²) in [7, 11) is 3.44. The van der Waals surface area contributed by atoms with E-state index in [-0.39, 0.29) is 12.1 Å². The molecule has 0 fully saturated rings. The second-order valence-electron chi connectivity index (χ2n) is 5.08. The van der Waals surface area contributed by atoms with E-state index in [4.69, 9.17) is 0 Å². The fourth-order valence-electron chi connectivity index (χ4n) is 1.83. The van der Waals surface area contributed by atoms with Gasteiger partial charge in [0.05, 0.1) is 5.56 Å². The molecule has 0 atom stereocenters. The van der Waals surface area contributed by atoms with E-state index in [1.165, 1.54) is 12.1 Å². The Morgan fingerprint density at radius 2 is 1.95 bits per heavy atom. The summed E-state index contributed by atoms with van der Waals surface area (Å²) in [6.45, 7) is -0.309. The van der Waals surface area contributed by atoms with Crippen LogP contribution in [0.3, 0.4) is 0 Å². The number of amides is 1. The van der Waals surface area contributed by atoms with Crippen LogP contribution in [-0.4, -0.2) is 38.4 Å². The Balaban J connectivity index is 1.97. The van der Waals surface area contributed by atoms with E-state index in [0.717, 1.165) is 6.07 Å². The zero-order valence-electron chi connectivity index (χ0n) is 11.9. The third kappa shape index (κ3) is 3.18. The summed E-state index contributed by atoms with van der Waals surface area (Å²) in [5.74, 6) is -1.52. The number of nitrogens with zero attached hydrogens (tertiary/aromatic N) is 3. The molecule has 0 saturated carbocycles. The van der Waals surface area contributed by atoms with Crippen molar-refractivity contribution >= 4 is 11.6 Å². The molecule has 1 aromatic carbocycles. The molecule has 1 aliphatic heterocycles. The van der Waals surface area contributed by atoms with Gasteiger partial charge in [0.2, 0.25) is 0 Å². The van der Waals surface area contributed by atoms with Crippen LogP contribution in [-0.2, 0) is 0 Å². The molecule has 2 rings (SSSR count). The fourth-order valence-corrected chi connectivity index (χ4v) is 1.83. The Morgan fingerprint density at radius 3 is 2.45 bits per heavy atom. The first-order valence-corrected chi connectivity index (χ1v) is 6.42. The Labute approximate surface area is 124 Å². The van der Waals surface area contributed by atoms with Crippen LogP contribution in [0, 0.1) is 5.82 Å². The van der Waals surface area contributed by atoms with Crippen molar-refractivity contribution in [2.45, 2.75) is 18.3 Å². The van der Waals surface area contributed by atoms with Gasteiger partial charge >= 0.3 is 6.18 Å². The lowest BCUT2D eigenvalue weighted by atomic mass is 10.1. The van der Waals surface area contributed by atoms with Gasteiger partial charge in [0.15, 0.2) is 0 Å². The summed E-state index contributed by atoms with van der Waals surface area (Å²) in [5.41, 5.74) is -2.04. The summed E-state index contributed by atoms with van der Waals surface area (Å²) >= 11 is 0. The molecule has 9 heteroatoms. The van der Waals surface area contributed by atoms with Gasteiger partial charge in [-0.05, 0) is 18.2 Å². The number of benzene rings is 1. The number of carbonyl (C=O) groups excluding carboxylic acids is 1. The minimum absolute atomic E-state index is 0.225. The molecule has 1 aromatic rings. The first-order valence-electron chi connectivity index (χ1n) is 6.42. The predicted molar refractivity (Wildman–Crippen MR) is 71.3 cm³/mol. The van der Waals surface area contributed by atoms with Crippen molar-refractivity contribution in [1.82, 2.24) is 5.32 Å². The first kappa shape index (κ1) is 16.2. The molecule has 0 spiro atoms. The van der Waals surface area contributed by atoms with E-state index in [2.05, 4.69) is 15.5 Å². The highest BCUT2D eigenvalue weighted by atomic mass is 19.4. The lowest BCUT2D eigenvalue weighted by molar-refractivity contribution is -0.164. The summed E-state index contributed by atoms with van der Waals surface area (Å²) in [4.78, 5) is 13.6. The minimum atomic E-state index is -4.58. The molecule has 5 nitrogen and oxygen atoms in total. The van der Waals surface area contributed by atoms with Crippen LogP contribution in [0.15, 0.2) is 28.4 Å². The van der Waals surface area contributed by atoms with Crippen LogP contribution in [0.5, 0.6) is 0 Å². The standard InChI is InChI=1S/C13H14F4N4O/c1-21(2)8-3-4-10(14)9(7-8)11(22)18-6-5-12(19-20-12)13(15,16)17/h3-4,7H,5-6H2,1-2H3,(H,18,22). The summed E-state index contributed by atoms with van der Waals surface area (Å²) < 4.78 is 51.4. The van der Waals surface area contributed by atoms with Crippen molar-refractivity contribution < 1.29 is 22.4 Å². The molecule has 0 unspecified atom stereocenters. The second-order valence-corrected chi connectivity index (χ2v) is 5.08. The van der Waals surface area contributed by atoms with Gasteiger partial charge in [-0.2, -0.15) is 13.2 Å². The monoisotopic (exact) mass is 318 g/mol. The summed E-state index contributed by atoms with van der Waals surface area (Å²) in [6.07, 6.45) is -5.08.